The van der Waals surface area contributed by atoms with Gasteiger partial charge in [-0.15, -0.1) is 0 Å². The lowest BCUT2D eigenvalue weighted by Gasteiger charge is -2.17. The first-order valence-corrected chi connectivity index (χ1v) is 5.86. The molecule has 0 bridgehead atoms. The molecule has 0 saturated carbocycles. The summed E-state index contributed by atoms with van der Waals surface area (Å²) in [5.74, 6) is 0.524. The number of hydrogen-bond donors (Lipinski definition) is 1. The molecule has 0 spiro atoms. The summed E-state index contributed by atoms with van der Waals surface area (Å²) in [6, 6.07) is 5.07. The first-order chi connectivity index (χ1) is 8.60. The summed E-state index contributed by atoms with van der Waals surface area (Å²) in [5.41, 5.74) is 6.85. The summed E-state index contributed by atoms with van der Waals surface area (Å²) in [6.07, 6.45) is 0. The van der Waals surface area contributed by atoms with Crippen LogP contribution in [0.2, 0.25) is 0 Å². The molecule has 1 aromatic carbocycles. The fourth-order valence-corrected chi connectivity index (χ4v) is 1.52. The molecular weight excluding hydrogens is 232 g/mol. The Bertz CT molecular complexity index is 407. The van der Waals surface area contributed by atoms with Crippen LogP contribution in [0.15, 0.2) is 18.2 Å². The van der Waals surface area contributed by atoms with E-state index >= 15 is 0 Å². The molecule has 18 heavy (non-hydrogen) atoms. The van der Waals surface area contributed by atoms with Gasteiger partial charge in [0.2, 0.25) is 0 Å². The van der Waals surface area contributed by atoms with E-state index in [9.17, 15) is 4.79 Å². The topological polar surface area (TPSA) is 64.8 Å². The molecule has 1 amide bonds. The number of methoxy groups -OCH3 is 1. The number of nitrogens with zero attached hydrogens (tertiary/aromatic N) is 1. The Morgan fingerprint density at radius 1 is 1.44 bits per heavy atom. The van der Waals surface area contributed by atoms with Gasteiger partial charge in [0.1, 0.15) is 5.75 Å². The molecule has 0 aliphatic rings. The third kappa shape index (κ3) is 3.63. The van der Waals surface area contributed by atoms with E-state index in [1.165, 1.54) is 0 Å². The Labute approximate surface area is 107 Å². The van der Waals surface area contributed by atoms with E-state index < -0.39 is 0 Å². The van der Waals surface area contributed by atoms with Crippen molar-refractivity contribution in [3.63, 3.8) is 0 Å². The molecule has 5 nitrogen and oxygen atoms in total. The van der Waals surface area contributed by atoms with Crippen molar-refractivity contribution in [1.29, 1.82) is 0 Å². The fraction of sp³-hybridized carbons (Fsp3) is 0.462. The monoisotopic (exact) mass is 252 g/mol. The van der Waals surface area contributed by atoms with Gasteiger partial charge in [0.15, 0.2) is 0 Å². The number of ether oxygens (including phenoxy) is 2. The van der Waals surface area contributed by atoms with Crippen LogP contribution in [0.3, 0.4) is 0 Å². The molecule has 0 heterocycles. The number of anilines is 1. The lowest BCUT2D eigenvalue weighted by molar-refractivity contribution is 0.0744. The first kappa shape index (κ1) is 14.3. The van der Waals surface area contributed by atoms with Crippen LogP contribution in [-0.2, 0) is 4.74 Å². The van der Waals surface area contributed by atoms with Gasteiger partial charge >= 0.3 is 0 Å². The van der Waals surface area contributed by atoms with Gasteiger partial charge < -0.3 is 20.1 Å². The van der Waals surface area contributed by atoms with E-state index in [0.29, 0.717) is 36.8 Å². The summed E-state index contributed by atoms with van der Waals surface area (Å²) in [6.45, 7) is 3.49. The normalized spacial score (nSPS) is 10.2. The summed E-state index contributed by atoms with van der Waals surface area (Å²) in [4.78, 5) is 13.6. The number of likely N-dealkylation sites (N-methyl/N-ethyl adjacent to an activating group) is 1. The second kappa shape index (κ2) is 6.86. The Balaban J connectivity index is 2.77. The van der Waals surface area contributed by atoms with E-state index in [-0.39, 0.29) is 5.91 Å². The van der Waals surface area contributed by atoms with Crippen molar-refractivity contribution in [3.05, 3.63) is 23.8 Å². The third-order valence-corrected chi connectivity index (χ3v) is 2.53. The molecule has 5 heteroatoms. The third-order valence-electron chi connectivity index (χ3n) is 2.53. The van der Waals surface area contributed by atoms with Crippen LogP contribution in [0.4, 0.5) is 5.69 Å². The maximum Gasteiger partial charge on any atom is 0.253 e. The number of carbonyl (C=O) groups excluding carboxylic acids is 1. The quantitative estimate of drug-likeness (QED) is 0.777. The molecule has 100 valence electrons. The van der Waals surface area contributed by atoms with Crippen molar-refractivity contribution in [2.24, 2.45) is 0 Å². The molecule has 0 unspecified atom stereocenters. The van der Waals surface area contributed by atoms with Gasteiger partial charge in [0, 0.05) is 26.3 Å². The van der Waals surface area contributed by atoms with Crippen molar-refractivity contribution in [2.45, 2.75) is 6.92 Å². The van der Waals surface area contributed by atoms with Crippen LogP contribution in [0, 0.1) is 0 Å². The van der Waals surface area contributed by atoms with Gasteiger partial charge in [-0.3, -0.25) is 4.79 Å². The van der Waals surface area contributed by atoms with Gasteiger partial charge in [-0.05, 0) is 25.1 Å². The van der Waals surface area contributed by atoms with Crippen molar-refractivity contribution in [3.8, 4) is 5.75 Å². The molecule has 0 aliphatic heterocycles. The van der Waals surface area contributed by atoms with Crippen LogP contribution < -0.4 is 10.5 Å². The number of carbonyl (C=O) groups is 1. The maximum absolute atomic E-state index is 12.0. The van der Waals surface area contributed by atoms with Crippen LogP contribution in [-0.4, -0.2) is 44.7 Å². The van der Waals surface area contributed by atoms with Gasteiger partial charge in [-0.1, -0.05) is 0 Å². The number of rotatable bonds is 6. The molecule has 0 fully saturated rings. The standard InChI is InChI=1S/C13H20N2O3/c1-4-18-12-6-5-10(9-11(12)14)13(16)15(2)7-8-17-3/h5-6,9H,4,7-8,14H2,1-3H3. The smallest absolute Gasteiger partial charge is 0.253 e. The minimum atomic E-state index is -0.0817. The second-order valence-electron chi connectivity index (χ2n) is 3.91. The van der Waals surface area contributed by atoms with Crippen LogP contribution >= 0.6 is 0 Å². The zero-order chi connectivity index (χ0) is 13.5. The lowest BCUT2D eigenvalue weighted by atomic mass is 10.1. The van der Waals surface area contributed by atoms with Gasteiger partial charge in [0.05, 0.1) is 18.9 Å². The molecule has 0 aromatic heterocycles. The Morgan fingerprint density at radius 2 is 2.17 bits per heavy atom. The van der Waals surface area contributed by atoms with Gasteiger partial charge in [-0.25, -0.2) is 0 Å². The minimum Gasteiger partial charge on any atom is -0.492 e. The van der Waals surface area contributed by atoms with E-state index in [1.54, 1.807) is 37.3 Å². The predicted molar refractivity (Wildman–Crippen MR) is 70.9 cm³/mol. The van der Waals surface area contributed by atoms with Crippen molar-refractivity contribution < 1.29 is 14.3 Å². The van der Waals surface area contributed by atoms with Crippen LogP contribution in [0.1, 0.15) is 17.3 Å². The molecule has 2 N–H and O–H groups in total. The summed E-state index contributed by atoms with van der Waals surface area (Å²) in [5, 5.41) is 0. The van der Waals surface area contributed by atoms with Crippen molar-refractivity contribution in [1.82, 2.24) is 4.90 Å². The highest BCUT2D eigenvalue weighted by Gasteiger charge is 2.13. The molecule has 0 atom stereocenters. The summed E-state index contributed by atoms with van der Waals surface area (Å²) >= 11 is 0. The van der Waals surface area contributed by atoms with Crippen molar-refractivity contribution in [2.75, 3.05) is 39.6 Å². The predicted octanol–water partition coefficient (Wildman–Crippen LogP) is 1.39. The van der Waals surface area contributed by atoms with E-state index in [1.807, 2.05) is 6.92 Å². The van der Waals surface area contributed by atoms with E-state index in [2.05, 4.69) is 0 Å². The second-order valence-corrected chi connectivity index (χ2v) is 3.91. The number of benzene rings is 1. The molecule has 0 aliphatic carbocycles. The SMILES string of the molecule is CCOc1ccc(C(=O)N(C)CCOC)cc1N. The average molecular weight is 252 g/mol. The van der Waals surface area contributed by atoms with Crippen LogP contribution in [0.25, 0.3) is 0 Å². The van der Waals surface area contributed by atoms with Crippen molar-refractivity contribution >= 4 is 11.6 Å². The average Bonchev–Trinajstić information content (AvgIpc) is 2.37. The minimum absolute atomic E-state index is 0.0817. The fourth-order valence-electron chi connectivity index (χ4n) is 1.52. The Morgan fingerprint density at radius 3 is 2.72 bits per heavy atom. The van der Waals surface area contributed by atoms with Crippen LogP contribution in [0.5, 0.6) is 5.75 Å². The largest absolute Gasteiger partial charge is 0.492 e. The highest BCUT2D eigenvalue weighted by atomic mass is 16.5. The maximum atomic E-state index is 12.0. The molecular formula is C13H20N2O3. The lowest BCUT2D eigenvalue weighted by Crippen LogP contribution is -2.29. The van der Waals surface area contributed by atoms with E-state index in [0.717, 1.165) is 0 Å². The first-order valence-electron chi connectivity index (χ1n) is 5.86. The summed E-state index contributed by atoms with van der Waals surface area (Å²) in [7, 11) is 3.33. The van der Waals surface area contributed by atoms with Gasteiger partial charge in [-0.2, -0.15) is 0 Å². The zero-order valence-electron chi connectivity index (χ0n) is 11.1. The Kier molecular flexibility index (Phi) is 5.45. The molecule has 1 aromatic rings. The Hall–Kier alpha value is -1.75. The van der Waals surface area contributed by atoms with E-state index in [4.69, 9.17) is 15.2 Å². The number of nitrogens with two attached hydrogens (primary N) is 1. The molecule has 0 radical (unpaired) electrons. The number of hydrogen-bond acceptors (Lipinski definition) is 4. The van der Waals surface area contributed by atoms with Gasteiger partial charge in [0.25, 0.3) is 5.91 Å². The highest BCUT2D eigenvalue weighted by molar-refractivity contribution is 5.95. The zero-order valence-corrected chi connectivity index (χ0v) is 11.1. The molecule has 1 rings (SSSR count). The number of nitrogen functional groups attached to an aromatic ring is 1. The summed E-state index contributed by atoms with van der Waals surface area (Å²) < 4.78 is 10.3. The number of amides is 1. The molecule has 0 saturated heterocycles. The highest BCUT2D eigenvalue weighted by Crippen LogP contribution is 2.23.